The van der Waals surface area contributed by atoms with E-state index in [4.69, 9.17) is 0 Å². The maximum Gasteiger partial charge on any atom is 0.180 e. The molecule has 0 spiro atoms. The second-order valence-electron chi connectivity index (χ2n) is 5.42. The number of hydrogen-bond acceptors (Lipinski definition) is 3. The molecule has 0 bridgehead atoms. The molecule has 0 atom stereocenters. The minimum Gasteiger partial charge on any atom is -0.369 e. The molecule has 2 aromatic rings. The lowest BCUT2D eigenvalue weighted by atomic mass is 10.2. The Bertz CT molecular complexity index is 557. The van der Waals surface area contributed by atoms with Crippen LogP contribution >= 0.6 is 0 Å². The van der Waals surface area contributed by atoms with Gasteiger partial charge >= 0.3 is 0 Å². The number of rotatable bonds is 5. The molecule has 0 aliphatic carbocycles. The summed E-state index contributed by atoms with van der Waals surface area (Å²) in [4.78, 5) is 19.7. The van der Waals surface area contributed by atoms with Gasteiger partial charge in [-0.05, 0) is 24.3 Å². The summed E-state index contributed by atoms with van der Waals surface area (Å²) in [7, 11) is 0. The number of hydrogen-bond donors (Lipinski definition) is 1. The number of Topliss-reactive ketones (excluding diaryl/α,β-unsaturated/α-hetero) is 1. The molecule has 0 radical (unpaired) electrons. The summed E-state index contributed by atoms with van der Waals surface area (Å²) in [5.74, 6) is 0.200. The van der Waals surface area contributed by atoms with E-state index in [0.29, 0.717) is 6.42 Å². The predicted octanol–water partition coefficient (Wildman–Crippen LogP) is 2.41. The van der Waals surface area contributed by atoms with Crippen molar-refractivity contribution in [2.45, 2.75) is 6.42 Å². The zero-order valence-corrected chi connectivity index (χ0v) is 12.2. The summed E-state index contributed by atoms with van der Waals surface area (Å²) in [5, 5.41) is 0. The highest BCUT2D eigenvalue weighted by molar-refractivity contribution is 5.94. The third-order valence-electron chi connectivity index (χ3n) is 4.05. The van der Waals surface area contributed by atoms with Gasteiger partial charge in [-0.15, -0.1) is 0 Å². The van der Waals surface area contributed by atoms with Crippen molar-refractivity contribution in [1.82, 2.24) is 9.88 Å². The molecule has 21 heavy (non-hydrogen) atoms. The van der Waals surface area contributed by atoms with Crippen LogP contribution in [0.2, 0.25) is 0 Å². The van der Waals surface area contributed by atoms with E-state index in [-0.39, 0.29) is 5.78 Å². The molecule has 1 N–H and O–H groups in total. The van der Waals surface area contributed by atoms with Crippen molar-refractivity contribution >= 4 is 11.5 Å². The van der Waals surface area contributed by atoms with E-state index in [2.05, 4.69) is 39.0 Å². The summed E-state index contributed by atoms with van der Waals surface area (Å²) in [6.45, 7) is 4.95. The molecule has 0 amide bonds. The van der Waals surface area contributed by atoms with Gasteiger partial charge in [-0.1, -0.05) is 18.2 Å². The van der Waals surface area contributed by atoms with Gasteiger partial charge in [-0.3, -0.25) is 9.69 Å². The van der Waals surface area contributed by atoms with Crippen molar-refractivity contribution < 1.29 is 4.79 Å². The fourth-order valence-electron chi connectivity index (χ4n) is 2.77. The Labute approximate surface area is 125 Å². The van der Waals surface area contributed by atoms with Crippen LogP contribution in [0.3, 0.4) is 0 Å². The van der Waals surface area contributed by atoms with Gasteiger partial charge in [0.15, 0.2) is 5.78 Å². The Morgan fingerprint density at radius 3 is 2.43 bits per heavy atom. The first kappa shape index (κ1) is 13.9. The first-order valence-electron chi connectivity index (χ1n) is 7.52. The Morgan fingerprint density at radius 1 is 1.00 bits per heavy atom. The van der Waals surface area contributed by atoms with E-state index < -0.39 is 0 Å². The van der Waals surface area contributed by atoms with Crippen LogP contribution in [-0.2, 0) is 0 Å². The number of ketones is 1. The molecule has 1 aliphatic heterocycles. The number of carbonyl (C=O) groups is 1. The Hall–Kier alpha value is -2.07. The standard InChI is InChI=1S/C17H21N3O/c21-17(16-7-4-9-18-16)8-10-19-11-13-20(14-12-19)15-5-2-1-3-6-15/h1-7,9,18H,8,10-14H2. The zero-order valence-electron chi connectivity index (χ0n) is 12.2. The average Bonchev–Trinajstić information content (AvgIpc) is 3.08. The molecule has 1 aliphatic rings. The molecule has 1 aromatic carbocycles. The summed E-state index contributed by atoms with van der Waals surface area (Å²) in [6.07, 6.45) is 2.39. The average molecular weight is 283 g/mol. The normalized spacial score (nSPS) is 16.1. The van der Waals surface area contributed by atoms with Crippen molar-refractivity contribution in [3.05, 3.63) is 54.4 Å². The molecule has 0 saturated carbocycles. The summed E-state index contributed by atoms with van der Waals surface area (Å²) < 4.78 is 0. The van der Waals surface area contributed by atoms with Crippen molar-refractivity contribution in [3.63, 3.8) is 0 Å². The summed E-state index contributed by atoms with van der Waals surface area (Å²) in [6, 6.07) is 14.2. The molecule has 1 aromatic heterocycles. The highest BCUT2D eigenvalue weighted by atomic mass is 16.1. The van der Waals surface area contributed by atoms with Gasteiger partial charge in [0.2, 0.25) is 0 Å². The van der Waals surface area contributed by atoms with E-state index in [1.165, 1.54) is 5.69 Å². The fraction of sp³-hybridized carbons (Fsp3) is 0.353. The number of nitrogens with one attached hydrogen (secondary N) is 1. The van der Waals surface area contributed by atoms with Crippen LogP contribution < -0.4 is 4.90 Å². The van der Waals surface area contributed by atoms with Crippen molar-refractivity contribution in [2.24, 2.45) is 0 Å². The smallest absolute Gasteiger partial charge is 0.180 e. The number of nitrogens with zero attached hydrogens (tertiary/aromatic N) is 2. The van der Waals surface area contributed by atoms with E-state index in [1.807, 2.05) is 18.2 Å². The zero-order chi connectivity index (χ0) is 14.5. The monoisotopic (exact) mass is 283 g/mol. The Morgan fingerprint density at radius 2 is 1.76 bits per heavy atom. The Kier molecular flexibility index (Phi) is 4.36. The molecule has 4 heteroatoms. The minimum absolute atomic E-state index is 0.200. The SMILES string of the molecule is O=C(CCN1CCN(c2ccccc2)CC1)c1ccc[nH]1. The second kappa shape index (κ2) is 6.59. The summed E-state index contributed by atoms with van der Waals surface area (Å²) >= 11 is 0. The maximum atomic E-state index is 12.0. The quantitative estimate of drug-likeness (QED) is 0.857. The number of H-pyrrole nitrogens is 1. The highest BCUT2D eigenvalue weighted by Crippen LogP contribution is 2.15. The third-order valence-corrected chi connectivity index (χ3v) is 4.05. The molecular formula is C17H21N3O. The van der Waals surface area contributed by atoms with E-state index >= 15 is 0 Å². The molecule has 110 valence electrons. The maximum absolute atomic E-state index is 12.0. The number of aromatic amines is 1. The summed E-state index contributed by atoms with van der Waals surface area (Å²) in [5.41, 5.74) is 2.01. The van der Waals surface area contributed by atoms with Crippen LogP contribution in [0.1, 0.15) is 16.9 Å². The predicted molar refractivity (Wildman–Crippen MR) is 84.8 cm³/mol. The number of carbonyl (C=O) groups excluding carboxylic acids is 1. The van der Waals surface area contributed by atoms with Crippen molar-refractivity contribution in [3.8, 4) is 0 Å². The van der Waals surface area contributed by atoms with Crippen LogP contribution in [0.25, 0.3) is 0 Å². The first-order chi connectivity index (χ1) is 10.3. The van der Waals surface area contributed by atoms with E-state index in [1.54, 1.807) is 6.20 Å². The van der Waals surface area contributed by atoms with Crippen LogP contribution in [0.5, 0.6) is 0 Å². The molecule has 0 unspecified atom stereocenters. The number of benzene rings is 1. The number of aromatic nitrogens is 1. The van der Waals surface area contributed by atoms with Gasteiger partial charge in [-0.2, -0.15) is 0 Å². The van der Waals surface area contributed by atoms with Gasteiger partial charge < -0.3 is 9.88 Å². The lowest BCUT2D eigenvalue weighted by Crippen LogP contribution is -2.46. The number of piperazine rings is 1. The van der Waals surface area contributed by atoms with Gasteiger partial charge in [0.25, 0.3) is 0 Å². The van der Waals surface area contributed by atoms with Crippen LogP contribution in [0.15, 0.2) is 48.7 Å². The van der Waals surface area contributed by atoms with Crippen LogP contribution in [0.4, 0.5) is 5.69 Å². The fourth-order valence-corrected chi connectivity index (χ4v) is 2.77. The van der Waals surface area contributed by atoms with E-state index in [0.717, 1.165) is 38.4 Å². The van der Waals surface area contributed by atoms with E-state index in [9.17, 15) is 4.79 Å². The lowest BCUT2D eigenvalue weighted by molar-refractivity contribution is 0.0958. The van der Waals surface area contributed by atoms with Crippen molar-refractivity contribution in [1.29, 1.82) is 0 Å². The minimum atomic E-state index is 0.200. The molecule has 2 heterocycles. The van der Waals surface area contributed by atoms with Crippen LogP contribution in [-0.4, -0.2) is 48.4 Å². The number of para-hydroxylation sites is 1. The lowest BCUT2D eigenvalue weighted by Gasteiger charge is -2.36. The first-order valence-corrected chi connectivity index (χ1v) is 7.52. The molecular weight excluding hydrogens is 262 g/mol. The molecule has 3 rings (SSSR count). The topological polar surface area (TPSA) is 39.3 Å². The number of anilines is 1. The largest absolute Gasteiger partial charge is 0.369 e. The molecule has 1 saturated heterocycles. The van der Waals surface area contributed by atoms with Gasteiger partial charge in [0.1, 0.15) is 0 Å². The highest BCUT2D eigenvalue weighted by Gasteiger charge is 2.18. The van der Waals surface area contributed by atoms with Gasteiger partial charge in [0, 0.05) is 51.0 Å². The Balaban J connectivity index is 1.45. The van der Waals surface area contributed by atoms with Crippen molar-refractivity contribution in [2.75, 3.05) is 37.6 Å². The molecule has 4 nitrogen and oxygen atoms in total. The third kappa shape index (κ3) is 3.52. The van der Waals surface area contributed by atoms with Gasteiger partial charge in [0.05, 0.1) is 5.69 Å². The van der Waals surface area contributed by atoms with Gasteiger partial charge in [-0.25, -0.2) is 0 Å². The molecule has 1 fully saturated rings. The second-order valence-corrected chi connectivity index (χ2v) is 5.42. The van der Waals surface area contributed by atoms with Crippen LogP contribution in [0, 0.1) is 0 Å².